The number of carbonyl (C=O) groups excluding carboxylic acids is 3. The van der Waals surface area contributed by atoms with Crippen molar-refractivity contribution in [3.8, 4) is 0 Å². The molecular weight excluding hydrogens is 649 g/mol. The lowest BCUT2D eigenvalue weighted by Crippen LogP contribution is -2.30. The van der Waals surface area contributed by atoms with Crippen LogP contribution in [0.15, 0.2) is 0 Å². The first kappa shape index (κ1) is 50.4. The van der Waals surface area contributed by atoms with Gasteiger partial charge in [0.05, 0.1) is 0 Å². The van der Waals surface area contributed by atoms with Gasteiger partial charge in [0, 0.05) is 19.3 Å². The lowest BCUT2D eigenvalue weighted by molar-refractivity contribution is -0.167. The standard InChI is InChI=1S/C46H88O6/c1-5-7-9-11-12-13-14-15-16-17-18-19-23-26-30-33-37-44(47)50-40-43(52-46(49)39-35-28-10-8-6-2)41-51-45(48)38-34-31-27-24-21-20-22-25-29-32-36-42(3)4/h42-43H,5-41H2,1-4H3/t43-/m0/s1. The number of ether oxygens (including phenoxy) is 3. The summed E-state index contributed by atoms with van der Waals surface area (Å²) in [7, 11) is 0. The van der Waals surface area contributed by atoms with Gasteiger partial charge in [-0.15, -0.1) is 0 Å². The van der Waals surface area contributed by atoms with Crippen molar-refractivity contribution in [3.63, 3.8) is 0 Å². The Kier molecular flexibility index (Phi) is 39.4. The Labute approximate surface area is 323 Å². The van der Waals surface area contributed by atoms with Crippen molar-refractivity contribution < 1.29 is 28.6 Å². The zero-order chi connectivity index (χ0) is 38.2. The van der Waals surface area contributed by atoms with Gasteiger partial charge in [0.1, 0.15) is 13.2 Å². The van der Waals surface area contributed by atoms with Gasteiger partial charge in [-0.1, -0.05) is 214 Å². The molecule has 0 heterocycles. The van der Waals surface area contributed by atoms with Gasteiger partial charge in [-0.05, 0) is 25.2 Å². The molecule has 0 aliphatic carbocycles. The fourth-order valence-electron chi connectivity index (χ4n) is 6.80. The summed E-state index contributed by atoms with van der Waals surface area (Å²) in [5.41, 5.74) is 0. The van der Waals surface area contributed by atoms with Crippen LogP contribution in [0.3, 0.4) is 0 Å². The summed E-state index contributed by atoms with van der Waals surface area (Å²) in [4.78, 5) is 37.4. The van der Waals surface area contributed by atoms with Crippen LogP contribution >= 0.6 is 0 Å². The Morgan fingerprint density at radius 3 is 0.942 bits per heavy atom. The normalized spacial score (nSPS) is 11.9. The second-order valence-corrected chi connectivity index (χ2v) is 16.2. The molecule has 0 radical (unpaired) electrons. The zero-order valence-electron chi connectivity index (χ0n) is 35.3. The van der Waals surface area contributed by atoms with E-state index in [-0.39, 0.29) is 31.1 Å². The van der Waals surface area contributed by atoms with Gasteiger partial charge < -0.3 is 14.2 Å². The third kappa shape index (κ3) is 39.6. The SMILES string of the molecule is CCCCCCCCCCCCCCCCCCC(=O)OC[C@@H](COC(=O)CCCCCCCCCCCCC(C)C)OC(=O)CCCCCCC. The molecule has 0 amide bonds. The molecular formula is C46H88O6. The minimum absolute atomic E-state index is 0.0652. The van der Waals surface area contributed by atoms with Crippen LogP contribution in [0.25, 0.3) is 0 Å². The summed E-state index contributed by atoms with van der Waals surface area (Å²) in [6.45, 7) is 8.91. The molecule has 0 aromatic carbocycles. The monoisotopic (exact) mass is 737 g/mol. The second kappa shape index (κ2) is 40.6. The second-order valence-electron chi connectivity index (χ2n) is 16.2. The van der Waals surface area contributed by atoms with Crippen molar-refractivity contribution in [2.45, 2.75) is 259 Å². The van der Waals surface area contributed by atoms with E-state index in [9.17, 15) is 14.4 Å². The van der Waals surface area contributed by atoms with Crippen LogP contribution in [0.4, 0.5) is 0 Å². The summed E-state index contributed by atoms with van der Waals surface area (Å²) in [5, 5.41) is 0. The molecule has 0 aromatic heterocycles. The molecule has 0 aliphatic heterocycles. The molecule has 0 N–H and O–H groups in total. The third-order valence-corrected chi connectivity index (χ3v) is 10.3. The highest BCUT2D eigenvalue weighted by Crippen LogP contribution is 2.16. The summed E-state index contributed by atoms with van der Waals surface area (Å²) in [5.74, 6) is -0.0500. The Balaban J connectivity index is 4.12. The van der Waals surface area contributed by atoms with E-state index in [0.717, 1.165) is 70.1 Å². The van der Waals surface area contributed by atoms with Gasteiger partial charge in [0.15, 0.2) is 6.10 Å². The molecule has 0 aliphatic rings. The lowest BCUT2D eigenvalue weighted by Gasteiger charge is -2.18. The summed E-state index contributed by atoms with van der Waals surface area (Å²) in [6, 6.07) is 0. The van der Waals surface area contributed by atoms with Gasteiger partial charge in [0.2, 0.25) is 0 Å². The first-order chi connectivity index (χ1) is 25.4. The molecule has 0 spiro atoms. The van der Waals surface area contributed by atoms with Gasteiger partial charge >= 0.3 is 17.9 Å². The summed E-state index contributed by atoms with van der Waals surface area (Å²) in [6.07, 6.45) is 39.8. The van der Waals surface area contributed by atoms with Crippen molar-refractivity contribution >= 4 is 17.9 Å². The zero-order valence-corrected chi connectivity index (χ0v) is 35.3. The van der Waals surface area contributed by atoms with E-state index in [2.05, 4.69) is 27.7 Å². The van der Waals surface area contributed by atoms with Crippen molar-refractivity contribution in [1.82, 2.24) is 0 Å². The first-order valence-corrected chi connectivity index (χ1v) is 22.9. The average molecular weight is 737 g/mol. The predicted octanol–water partition coefficient (Wildman–Crippen LogP) is 14.3. The molecule has 6 nitrogen and oxygen atoms in total. The van der Waals surface area contributed by atoms with Crippen LogP contribution in [0, 0.1) is 5.92 Å². The largest absolute Gasteiger partial charge is 0.462 e. The Bertz CT molecular complexity index is 781. The van der Waals surface area contributed by atoms with Gasteiger partial charge in [0.25, 0.3) is 0 Å². The average Bonchev–Trinajstić information content (AvgIpc) is 3.12. The minimum Gasteiger partial charge on any atom is -0.462 e. The maximum absolute atomic E-state index is 12.5. The van der Waals surface area contributed by atoms with Crippen LogP contribution in [0.2, 0.25) is 0 Å². The Hall–Kier alpha value is -1.59. The minimum atomic E-state index is -0.757. The number of hydrogen-bond acceptors (Lipinski definition) is 6. The molecule has 0 saturated carbocycles. The molecule has 0 fully saturated rings. The highest BCUT2D eigenvalue weighted by Gasteiger charge is 2.19. The fraction of sp³-hybridized carbons (Fsp3) is 0.935. The van der Waals surface area contributed by atoms with E-state index >= 15 is 0 Å². The number of esters is 3. The van der Waals surface area contributed by atoms with Gasteiger partial charge in [-0.25, -0.2) is 0 Å². The van der Waals surface area contributed by atoms with E-state index in [4.69, 9.17) is 14.2 Å². The summed E-state index contributed by atoms with van der Waals surface area (Å²) >= 11 is 0. The van der Waals surface area contributed by atoms with E-state index in [1.54, 1.807) is 0 Å². The molecule has 0 unspecified atom stereocenters. The number of unbranched alkanes of at least 4 members (excludes halogenated alkanes) is 28. The highest BCUT2D eigenvalue weighted by atomic mass is 16.6. The smallest absolute Gasteiger partial charge is 0.306 e. The Morgan fingerprint density at radius 2 is 0.635 bits per heavy atom. The highest BCUT2D eigenvalue weighted by molar-refractivity contribution is 5.71. The number of carbonyl (C=O) groups is 3. The van der Waals surface area contributed by atoms with Crippen LogP contribution in [0.5, 0.6) is 0 Å². The van der Waals surface area contributed by atoms with Crippen LogP contribution < -0.4 is 0 Å². The number of rotatable bonds is 41. The first-order valence-electron chi connectivity index (χ1n) is 22.9. The van der Waals surface area contributed by atoms with Crippen molar-refractivity contribution in [2.75, 3.05) is 13.2 Å². The number of hydrogen-bond donors (Lipinski definition) is 0. The molecule has 0 bridgehead atoms. The van der Waals surface area contributed by atoms with Crippen LogP contribution in [-0.2, 0) is 28.6 Å². The van der Waals surface area contributed by atoms with E-state index in [0.29, 0.717) is 19.3 Å². The Morgan fingerprint density at radius 1 is 0.365 bits per heavy atom. The quantitative estimate of drug-likeness (QED) is 0.0353. The fourth-order valence-corrected chi connectivity index (χ4v) is 6.80. The van der Waals surface area contributed by atoms with E-state index in [1.165, 1.54) is 141 Å². The van der Waals surface area contributed by atoms with Crippen LogP contribution in [-0.4, -0.2) is 37.2 Å². The predicted molar refractivity (Wildman–Crippen MR) is 220 cm³/mol. The van der Waals surface area contributed by atoms with Gasteiger partial charge in [-0.3, -0.25) is 14.4 Å². The van der Waals surface area contributed by atoms with Crippen molar-refractivity contribution in [2.24, 2.45) is 5.92 Å². The molecule has 1 atom stereocenters. The molecule has 308 valence electrons. The molecule has 0 aromatic rings. The third-order valence-electron chi connectivity index (χ3n) is 10.3. The molecule has 0 saturated heterocycles. The topological polar surface area (TPSA) is 78.9 Å². The van der Waals surface area contributed by atoms with E-state index in [1.807, 2.05) is 0 Å². The van der Waals surface area contributed by atoms with Crippen molar-refractivity contribution in [1.29, 1.82) is 0 Å². The van der Waals surface area contributed by atoms with Crippen molar-refractivity contribution in [3.05, 3.63) is 0 Å². The maximum atomic E-state index is 12.5. The molecule has 6 heteroatoms. The molecule has 52 heavy (non-hydrogen) atoms. The van der Waals surface area contributed by atoms with Gasteiger partial charge in [-0.2, -0.15) is 0 Å². The van der Waals surface area contributed by atoms with E-state index < -0.39 is 6.10 Å². The molecule has 0 rings (SSSR count). The lowest BCUT2D eigenvalue weighted by atomic mass is 10.0. The summed E-state index contributed by atoms with van der Waals surface area (Å²) < 4.78 is 16.6. The maximum Gasteiger partial charge on any atom is 0.306 e. The van der Waals surface area contributed by atoms with Crippen LogP contribution in [0.1, 0.15) is 252 Å².